The predicted molar refractivity (Wildman–Crippen MR) is 79.6 cm³/mol. The molecule has 0 radical (unpaired) electrons. The third kappa shape index (κ3) is 5.06. The van der Waals surface area contributed by atoms with Crippen molar-refractivity contribution in [3.63, 3.8) is 0 Å². The third-order valence-corrected chi connectivity index (χ3v) is 4.81. The molecule has 0 amide bonds. The molecule has 1 aromatic heterocycles. The van der Waals surface area contributed by atoms with Crippen LogP contribution in [0.1, 0.15) is 26.2 Å². The molecule has 21 heavy (non-hydrogen) atoms. The van der Waals surface area contributed by atoms with Crippen LogP contribution in [-0.4, -0.2) is 50.5 Å². The van der Waals surface area contributed by atoms with Gasteiger partial charge in [0.05, 0.1) is 12.8 Å². The highest BCUT2D eigenvalue weighted by Crippen LogP contribution is 2.11. The molecule has 1 aliphatic rings. The summed E-state index contributed by atoms with van der Waals surface area (Å²) in [6, 6.07) is -0.128. The minimum atomic E-state index is -3.49. The standard InChI is InChI=1S/C13H24N4O3S/c1-2-5-14-6-3-7-17-10-13(9-15-17)21(18,19)16-12-4-8-20-11-12/h9-10,12,14,16H,2-8,11H2,1H3. The van der Waals surface area contributed by atoms with Crippen LogP contribution in [0.15, 0.2) is 17.3 Å². The van der Waals surface area contributed by atoms with Crippen LogP contribution in [0, 0.1) is 0 Å². The highest BCUT2D eigenvalue weighted by molar-refractivity contribution is 7.89. The largest absolute Gasteiger partial charge is 0.380 e. The second-order valence-corrected chi connectivity index (χ2v) is 6.94. The zero-order valence-corrected chi connectivity index (χ0v) is 13.2. The van der Waals surface area contributed by atoms with Crippen molar-refractivity contribution >= 4 is 10.0 Å². The van der Waals surface area contributed by atoms with E-state index >= 15 is 0 Å². The maximum absolute atomic E-state index is 12.2. The molecule has 1 unspecified atom stereocenters. The van der Waals surface area contributed by atoms with Crippen molar-refractivity contribution in [1.29, 1.82) is 0 Å². The van der Waals surface area contributed by atoms with Crippen molar-refractivity contribution < 1.29 is 13.2 Å². The van der Waals surface area contributed by atoms with Crippen molar-refractivity contribution in [2.45, 2.75) is 43.7 Å². The Labute approximate surface area is 126 Å². The molecule has 0 bridgehead atoms. The van der Waals surface area contributed by atoms with Gasteiger partial charge in [-0.3, -0.25) is 4.68 Å². The summed E-state index contributed by atoms with van der Waals surface area (Å²) in [4.78, 5) is 0.218. The first-order valence-corrected chi connectivity index (χ1v) is 8.93. The SMILES string of the molecule is CCCNCCCn1cc(S(=O)(=O)NC2CCOC2)cn1. The van der Waals surface area contributed by atoms with Gasteiger partial charge in [0, 0.05) is 25.4 Å². The fourth-order valence-corrected chi connectivity index (χ4v) is 3.40. The summed E-state index contributed by atoms with van der Waals surface area (Å²) in [6.45, 7) is 5.80. The number of ether oxygens (including phenoxy) is 1. The number of rotatable bonds is 9. The van der Waals surface area contributed by atoms with E-state index in [-0.39, 0.29) is 10.9 Å². The lowest BCUT2D eigenvalue weighted by Crippen LogP contribution is -2.34. The monoisotopic (exact) mass is 316 g/mol. The van der Waals surface area contributed by atoms with E-state index in [4.69, 9.17) is 4.74 Å². The van der Waals surface area contributed by atoms with E-state index in [1.165, 1.54) is 6.20 Å². The minimum absolute atomic E-state index is 0.128. The van der Waals surface area contributed by atoms with Gasteiger partial charge in [-0.05, 0) is 32.4 Å². The second-order valence-electron chi connectivity index (χ2n) is 5.22. The molecule has 0 saturated carbocycles. The van der Waals surface area contributed by atoms with Gasteiger partial charge in [0.2, 0.25) is 10.0 Å². The van der Waals surface area contributed by atoms with Crippen molar-refractivity contribution in [2.24, 2.45) is 0 Å². The fourth-order valence-electron chi connectivity index (χ4n) is 2.19. The predicted octanol–water partition coefficient (Wildman–Crippen LogP) is 0.340. The summed E-state index contributed by atoms with van der Waals surface area (Å²) >= 11 is 0. The van der Waals surface area contributed by atoms with Gasteiger partial charge < -0.3 is 10.1 Å². The molecular weight excluding hydrogens is 292 g/mol. The van der Waals surface area contributed by atoms with Crippen LogP contribution in [0.4, 0.5) is 0 Å². The molecule has 1 atom stereocenters. The van der Waals surface area contributed by atoms with Crippen LogP contribution < -0.4 is 10.0 Å². The normalized spacial score (nSPS) is 19.2. The summed E-state index contributed by atoms with van der Waals surface area (Å²) in [7, 11) is -3.49. The lowest BCUT2D eigenvalue weighted by Gasteiger charge is -2.09. The number of hydrogen-bond acceptors (Lipinski definition) is 5. The molecule has 2 rings (SSSR count). The van der Waals surface area contributed by atoms with Gasteiger partial charge in [0.1, 0.15) is 4.90 Å². The van der Waals surface area contributed by atoms with Gasteiger partial charge in [-0.1, -0.05) is 6.92 Å². The summed E-state index contributed by atoms with van der Waals surface area (Å²) in [5, 5.41) is 7.42. The number of sulfonamides is 1. The van der Waals surface area contributed by atoms with E-state index in [2.05, 4.69) is 22.1 Å². The number of hydrogen-bond donors (Lipinski definition) is 2. The number of aryl methyl sites for hydroxylation is 1. The molecule has 7 nitrogen and oxygen atoms in total. The molecule has 8 heteroatoms. The number of nitrogens with zero attached hydrogens (tertiary/aromatic N) is 2. The van der Waals surface area contributed by atoms with E-state index < -0.39 is 10.0 Å². The van der Waals surface area contributed by atoms with Crippen molar-refractivity contribution in [3.8, 4) is 0 Å². The zero-order chi connectivity index (χ0) is 15.1. The molecule has 120 valence electrons. The summed E-state index contributed by atoms with van der Waals surface area (Å²) < 4.78 is 33.9. The molecule has 1 aromatic rings. The Morgan fingerprint density at radius 3 is 3.05 bits per heavy atom. The van der Waals surface area contributed by atoms with Crippen molar-refractivity contribution in [2.75, 3.05) is 26.3 Å². The maximum Gasteiger partial charge on any atom is 0.244 e. The topological polar surface area (TPSA) is 85.2 Å². The highest BCUT2D eigenvalue weighted by Gasteiger charge is 2.24. The van der Waals surface area contributed by atoms with Crippen LogP contribution in [-0.2, 0) is 21.3 Å². The lowest BCUT2D eigenvalue weighted by atomic mass is 10.3. The van der Waals surface area contributed by atoms with Gasteiger partial charge in [0.15, 0.2) is 0 Å². The van der Waals surface area contributed by atoms with Gasteiger partial charge >= 0.3 is 0 Å². The van der Waals surface area contributed by atoms with Crippen molar-refractivity contribution in [1.82, 2.24) is 19.8 Å². The van der Waals surface area contributed by atoms with E-state index in [0.717, 1.165) is 32.4 Å². The lowest BCUT2D eigenvalue weighted by molar-refractivity contribution is 0.192. The Balaban J connectivity index is 1.83. The molecule has 0 spiro atoms. The van der Waals surface area contributed by atoms with Gasteiger partial charge in [-0.2, -0.15) is 5.10 Å². The zero-order valence-electron chi connectivity index (χ0n) is 12.4. The average Bonchev–Trinajstić information content (AvgIpc) is 3.09. The quantitative estimate of drug-likeness (QED) is 0.642. The molecule has 2 N–H and O–H groups in total. The van der Waals surface area contributed by atoms with Crippen LogP contribution in [0.5, 0.6) is 0 Å². The van der Waals surface area contributed by atoms with E-state index in [9.17, 15) is 8.42 Å². The summed E-state index contributed by atoms with van der Waals surface area (Å²) in [6.07, 6.45) is 5.73. The molecule has 2 heterocycles. The Kier molecular flexibility index (Phi) is 6.16. The first-order chi connectivity index (χ1) is 10.1. The van der Waals surface area contributed by atoms with Gasteiger partial charge in [0.25, 0.3) is 0 Å². The number of nitrogens with one attached hydrogen (secondary N) is 2. The Hall–Kier alpha value is -0.960. The smallest absolute Gasteiger partial charge is 0.244 e. The first kappa shape index (κ1) is 16.4. The van der Waals surface area contributed by atoms with Gasteiger partial charge in [-0.25, -0.2) is 13.1 Å². The van der Waals surface area contributed by atoms with Crippen LogP contribution >= 0.6 is 0 Å². The Morgan fingerprint density at radius 2 is 2.33 bits per heavy atom. The average molecular weight is 316 g/mol. The van der Waals surface area contributed by atoms with Crippen LogP contribution in [0.3, 0.4) is 0 Å². The second kappa shape index (κ2) is 7.88. The Morgan fingerprint density at radius 1 is 1.48 bits per heavy atom. The van der Waals surface area contributed by atoms with Crippen LogP contribution in [0.2, 0.25) is 0 Å². The van der Waals surface area contributed by atoms with E-state index in [1.807, 2.05) is 0 Å². The minimum Gasteiger partial charge on any atom is -0.380 e. The number of aromatic nitrogens is 2. The van der Waals surface area contributed by atoms with E-state index in [1.54, 1.807) is 10.9 Å². The summed E-state index contributed by atoms with van der Waals surface area (Å²) in [5.41, 5.74) is 0. The van der Waals surface area contributed by atoms with Crippen LogP contribution in [0.25, 0.3) is 0 Å². The maximum atomic E-state index is 12.2. The molecule has 1 fully saturated rings. The molecule has 0 aliphatic carbocycles. The first-order valence-electron chi connectivity index (χ1n) is 7.45. The van der Waals surface area contributed by atoms with E-state index in [0.29, 0.717) is 19.8 Å². The summed E-state index contributed by atoms with van der Waals surface area (Å²) in [5.74, 6) is 0. The highest BCUT2D eigenvalue weighted by atomic mass is 32.2. The fraction of sp³-hybridized carbons (Fsp3) is 0.769. The molecule has 0 aromatic carbocycles. The van der Waals surface area contributed by atoms with Crippen molar-refractivity contribution in [3.05, 3.63) is 12.4 Å². The Bertz CT molecular complexity index is 523. The molecule has 1 aliphatic heterocycles. The molecule has 1 saturated heterocycles. The van der Waals surface area contributed by atoms with Gasteiger partial charge in [-0.15, -0.1) is 0 Å². The molecular formula is C13H24N4O3S. The third-order valence-electron chi connectivity index (χ3n) is 3.34.